The van der Waals surface area contributed by atoms with Gasteiger partial charge in [-0.15, -0.1) is 0 Å². The molecular formula is C13H23NO2. The Bertz CT molecular complexity index is 232. The fourth-order valence-corrected chi connectivity index (χ4v) is 2.88. The molecule has 1 unspecified atom stereocenters. The minimum Gasteiger partial charge on any atom is -0.466 e. The van der Waals surface area contributed by atoms with Gasteiger partial charge in [-0.2, -0.15) is 0 Å². The van der Waals surface area contributed by atoms with E-state index < -0.39 is 0 Å². The van der Waals surface area contributed by atoms with E-state index in [2.05, 4.69) is 4.90 Å². The molecule has 92 valence electrons. The van der Waals surface area contributed by atoms with Crippen molar-refractivity contribution in [3.63, 3.8) is 0 Å². The van der Waals surface area contributed by atoms with Gasteiger partial charge < -0.3 is 4.74 Å². The summed E-state index contributed by atoms with van der Waals surface area (Å²) in [6.45, 7) is 4.75. The summed E-state index contributed by atoms with van der Waals surface area (Å²) in [4.78, 5) is 14.1. The third kappa shape index (κ3) is 2.76. The summed E-state index contributed by atoms with van der Waals surface area (Å²) >= 11 is 0. The minimum atomic E-state index is -0.00806. The summed E-state index contributed by atoms with van der Waals surface area (Å²) in [5, 5.41) is 0. The highest BCUT2D eigenvalue weighted by atomic mass is 16.5. The van der Waals surface area contributed by atoms with Gasteiger partial charge in [-0.3, -0.25) is 9.69 Å². The third-order valence-corrected chi connectivity index (χ3v) is 3.98. The number of hydrogen-bond acceptors (Lipinski definition) is 3. The number of esters is 1. The second kappa shape index (κ2) is 5.67. The first-order valence-corrected chi connectivity index (χ1v) is 6.71. The van der Waals surface area contributed by atoms with E-state index in [0.29, 0.717) is 19.1 Å². The number of ether oxygens (including phenoxy) is 1. The molecule has 3 heteroatoms. The molecule has 1 saturated heterocycles. The first-order valence-electron chi connectivity index (χ1n) is 6.71. The van der Waals surface area contributed by atoms with E-state index in [9.17, 15) is 4.79 Å². The number of nitrogens with zero attached hydrogens (tertiary/aromatic N) is 1. The van der Waals surface area contributed by atoms with Gasteiger partial charge in [0.25, 0.3) is 0 Å². The lowest BCUT2D eigenvalue weighted by Crippen LogP contribution is -2.43. The third-order valence-electron chi connectivity index (χ3n) is 3.98. The second-order valence-corrected chi connectivity index (χ2v) is 5.01. The predicted molar refractivity (Wildman–Crippen MR) is 63.2 cm³/mol. The average molecular weight is 225 g/mol. The second-order valence-electron chi connectivity index (χ2n) is 5.01. The zero-order valence-corrected chi connectivity index (χ0v) is 10.3. The Morgan fingerprint density at radius 2 is 2.00 bits per heavy atom. The molecule has 2 rings (SSSR count). The number of hydrogen-bond donors (Lipinski definition) is 0. The molecule has 0 N–H and O–H groups in total. The van der Waals surface area contributed by atoms with E-state index in [4.69, 9.17) is 4.74 Å². The molecule has 1 saturated carbocycles. The first-order chi connectivity index (χ1) is 7.81. The molecule has 0 aromatic carbocycles. The lowest BCUT2D eigenvalue weighted by Gasteiger charge is -2.38. The normalized spacial score (nSPS) is 24.1. The molecule has 1 aliphatic heterocycles. The van der Waals surface area contributed by atoms with Gasteiger partial charge >= 0.3 is 5.97 Å². The van der Waals surface area contributed by atoms with Crippen LogP contribution in [-0.2, 0) is 9.53 Å². The molecule has 0 aromatic heterocycles. The smallest absolute Gasteiger partial charge is 0.307 e. The summed E-state index contributed by atoms with van der Waals surface area (Å²) in [6.07, 6.45) is 7.16. The quantitative estimate of drug-likeness (QED) is 0.672. The fraction of sp³-hybridized carbons (Fsp3) is 0.923. The summed E-state index contributed by atoms with van der Waals surface area (Å²) in [7, 11) is 0. The average Bonchev–Trinajstić information content (AvgIpc) is 2.66. The molecule has 0 radical (unpaired) electrons. The highest BCUT2D eigenvalue weighted by Gasteiger charge is 2.34. The Labute approximate surface area is 98.1 Å². The molecule has 2 aliphatic rings. The topological polar surface area (TPSA) is 29.5 Å². The van der Waals surface area contributed by atoms with Crippen LogP contribution in [0.25, 0.3) is 0 Å². The number of carbonyl (C=O) groups excluding carboxylic acids is 1. The van der Waals surface area contributed by atoms with E-state index in [1.54, 1.807) is 0 Å². The Hall–Kier alpha value is -0.570. The van der Waals surface area contributed by atoms with Crippen molar-refractivity contribution in [2.45, 2.75) is 51.5 Å². The number of rotatable bonds is 5. The molecular weight excluding hydrogens is 202 g/mol. The molecule has 1 heterocycles. The van der Waals surface area contributed by atoms with E-state index in [1.165, 1.54) is 45.2 Å². The molecule has 0 aromatic rings. The fourth-order valence-electron chi connectivity index (χ4n) is 2.88. The van der Waals surface area contributed by atoms with Gasteiger partial charge in [0, 0.05) is 6.04 Å². The highest BCUT2D eigenvalue weighted by Crippen LogP contribution is 2.35. The summed E-state index contributed by atoms with van der Waals surface area (Å²) in [6, 6.07) is 0.468. The highest BCUT2D eigenvalue weighted by molar-refractivity contribution is 5.70. The van der Waals surface area contributed by atoms with Crippen LogP contribution in [0.3, 0.4) is 0 Å². The van der Waals surface area contributed by atoms with Gasteiger partial charge in [0.1, 0.15) is 0 Å². The molecule has 0 amide bonds. The van der Waals surface area contributed by atoms with Crippen molar-refractivity contribution < 1.29 is 9.53 Å². The van der Waals surface area contributed by atoms with Crippen LogP contribution in [0.5, 0.6) is 0 Å². The molecule has 0 spiro atoms. The van der Waals surface area contributed by atoms with Gasteiger partial charge in [0.2, 0.25) is 0 Å². The Morgan fingerprint density at radius 3 is 2.50 bits per heavy atom. The molecule has 0 bridgehead atoms. The maximum atomic E-state index is 11.6. The maximum absolute atomic E-state index is 11.6. The van der Waals surface area contributed by atoms with Crippen LogP contribution in [-0.4, -0.2) is 36.6 Å². The number of likely N-dealkylation sites (tertiary alicyclic amines) is 1. The lowest BCUT2D eigenvalue weighted by molar-refractivity contribution is -0.145. The van der Waals surface area contributed by atoms with Crippen molar-refractivity contribution in [3.05, 3.63) is 0 Å². The molecule has 1 aliphatic carbocycles. The molecule has 1 atom stereocenters. The van der Waals surface area contributed by atoms with E-state index in [1.807, 2.05) is 6.92 Å². The maximum Gasteiger partial charge on any atom is 0.307 e. The van der Waals surface area contributed by atoms with Crippen molar-refractivity contribution in [2.75, 3.05) is 19.7 Å². The van der Waals surface area contributed by atoms with Crippen LogP contribution >= 0.6 is 0 Å². The van der Waals surface area contributed by atoms with Crippen molar-refractivity contribution >= 4 is 5.97 Å². The summed E-state index contributed by atoms with van der Waals surface area (Å²) in [5.74, 6) is 0.744. The Kier molecular flexibility index (Phi) is 4.22. The van der Waals surface area contributed by atoms with Crippen LogP contribution in [0.4, 0.5) is 0 Å². The first kappa shape index (κ1) is 11.9. The zero-order chi connectivity index (χ0) is 11.4. The van der Waals surface area contributed by atoms with Crippen LogP contribution in [0.15, 0.2) is 0 Å². The minimum absolute atomic E-state index is 0.00806. The molecule has 16 heavy (non-hydrogen) atoms. The number of carbonyl (C=O) groups is 1. The summed E-state index contributed by atoms with van der Waals surface area (Å²) in [5.41, 5.74) is 0. The SMILES string of the molecule is CCOC(=O)CC(C1CCC1)N1CCCC1. The predicted octanol–water partition coefficient (Wildman–Crippen LogP) is 2.20. The largest absolute Gasteiger partial charge is 0.466 e. The van der Waals surface area contributed by atoms with Gasteiger partial charge in [0.15, 0.2) is 0 Å². The van der Waals surface area contributed by atoms with Crippen LogP contribution < -0.4 is 0 Å². The lowest BCUT2D eigenvalue weighted by atomic mass is 9.78. The standard InChI is InChI=1S/C13H23NO2/c1-2-16-13(15)10-12(11-6-5-7-11)14-8-3-4-9-14/h11-12H,2-10H2,1H3. The van der Waals surface area contributed by atoms with Crippen molar-refractivity contribution in [1.82, 2.24) is 4.90 Å². The van der Waals surface area contributed by atoms with E-state index >= 15 is 0 Å². The van der Waals surface area contributed by atoms with Crippen LogP contribution in [0.1, 0.15) is 45.4 Å². The monoisotopic (exact) mass is 225 g/mol. The van der Waals surface area contributed by atoms with Crippen LogP contribution in [0, 0.1) is 5.92 Å². The van der Waals surface area contributed by atoms with E-state index in [0.717, 1.165) is 5.92 Å². The van der Waals surface area contributed by atoms with Crippen LogP contribution in [0.2, 0.25) is 0 Å². The summed E-state index contributed by atoms with van der Waals surface area (Å²) < 4.78 is 5.09. The van der Waals surface area contributed by atoms with Crippen molar-refractivity contribution in [2.24, 2.45) is 5.92 Å². The van der Waals surface area contributed by atoms with Gasteiger partial charge in [-0.25, -0.2) is 0 Å². The van der Waals surface area contributed by atoms with Crippen molar-refractivity contribution in [1.29, 1.82) is 0 Å². The Balaban J connectivity index is 1.88. The Morgan fingerprint density at radius 1 is 1.31 bits per heavy atom. The van der Waals surface area contributed by atoms with Gasteiger partial charge in [-0.1, -0.05) is 6.42 Å². The van der Waals surface area contributed by atoms with Crippen molar-refractivity contribution in [3.8, 4) is 0 Å². The van der Waals surface area contributed by atoms with Gasteiger partial charge in [-0.05, 0) is 51.6 Å². The van der Waals surface area contributed by atoms with Gasteiger partial charge in [0.05, 0.1) is 13.0 Å². The van der Waals surface area contributed by atoms with E-state index in [-0.39, 0.29) is 5.97 Å². The molecule has 2 fully saturated rings. The molecule has 3 nitrogen and oxygen atoms in total. The zero-order valence-electron chi connectivity index (χ0n) is 10.3.